The van der Waals surface area contributed by atoms with Crippen LogP contribution in [0, 0.1) is 6.92 Å². The molecule has 2 N–H and O–H groups in total. The smallest absolute Gasteiger partial charge is 0.263 e. The number of likely N-dealkylation sites (N-methyl/N-ethyl adjacent to an activating group) is 1. The highest BCUT2D eigenvalue weighted by Gasteiger charge is 2.24. The maximum atomic E-state index is 12.7. The molecule has 0 aliphatic rings. The lowest BCUT2D eigenvalue weighted by molar-refractivity contribution is 0.0939. The highest BCUT2D eigenvalue weighted by molar-refractivity contribution is 7.93. The number of rotatable bonds is 9. The molecular weight excluding hydrogens is 382 g/mol. The molecule has 6 nitrogen and oxygen atoms in total. The Morgan fingerprint density at radius 3 is 2.37 bits per heavy atom. The Kier molecular flexibility index (Phi) is 7.41. The zero-order valence-corrected chi connectivity index (χ0v) is 17.8. The molecule has 0 fully saturated rings. The minimum absolute atomic E-state index is 0.000988. The van der Waals surface area contributed by atoms with Gasteiger partial charge in [-0.25, -0.2) is 8.42 Å². The van der Waals surface area contributed by atoms with Crippen molar-refractivity contribution in [1.29, 1.82) is 0 Å². The fourth-order valence-corrected chi connectivity index (χ4v) is 5.21. The number of amides is 1. The molecule has 1 aromatic heterocycles. The number of aryl methyl sites for hydroxylation is 1. The van der Waals surface area contributed by atoms with Crippen LogP contribution in [-0.2, 0) is 10.0 Å². The summed E-state index contributed by atoms with van der Waals surface area (Å²) in [4.78, 5) is 15.0. The van der Waals surface area contributed by atoms with Crippen molar-refractivity contribution in [3.05, 3.63) is 46.2 Å². The maximum absolute atomic E-state index is 12.7. The number of carbonyl (C=O) groups excluding carboxylic acids is 1. The van der Waals surface area contributed by atoms with Gasteiger partial charge in [-0.3, -0.25) is 14.4 Å². The number of nitrogens with zero attached hydrogens (tertiary/aromatic N) is 1. The number of carbonyl (C=O) groups is 1. The van der Waals surface area contributed by atoms with E-state index in [0.29, 0.717) is 12.2 Å². The van der Waals surface area contributed by atoms with Crippen LogP contribution in [-0.4, -0.2) is 44.9 Å². The van der Waals surface area contributed by atoms with Crippen molar-refractivity contribution in [2.24, 2.45) is 0 Å². The summed E-state index contributed by atoms with van der Waals surface area (Å²) < 4.78 is 28.0. The topological polar surface area (TPSA) is 78.5 Å². The van der Waals surface area contributed by atoms with Crippen LogP contribution >= 0.6 is 11.3 Å². The molecule has 2 aromatic rings. The summed E-state index contributed by atoms with van der Waals surface area (Å²) >= 11 is 1.12. The van der Waals surface area contributed by atoms with Gasteiger partial charge in [-0.05, 0) is 50.5 Å². The number of hydrogen-bond donors (Lipinski definition) is 2. The fourth-order valence-electron chi connectivity index (χ4n) is 2.80. The van der Waals surface area contributed by atoms with Gasteiger partial charge in [0.25, 0.3) is 15.9 Å². The summed E-state index contributed by atoms with van der Waals surface area (Å²) in [6.07, 6.45) is 0. The van der Waals surface area contributed by atoms with Crippen LogP contribution in [0.4, 0.5) is 5.69 Å². The Bertz CT molecular complexity index is 857. The van der Waals surface area contributed by atoms with E-state index in [1.165, 1.54) is 6.07 Å². The predicted molar refractivity (Wildman–Crippen MR) is 111 cm³/mol. The van der Waals surface area contributed by atoms with E-state index in [9.17, 15) is 13.2 Å². The standard InChI is InChI=1S/C19H27N3O3S2/c1-5-22(6-2)15(4)13-20-19(23)18-17(11-12-26-18)27(24,25)21-16-9-7-14(3)8-10-16/h7-12,15,21H,5-6,13H2,1-4H3,(H,20,23). The molecule has 1 heterocycles. The first-order chi connectivity index (χ1) is 12.8. The molecule has 0 bridgehead atoms. The van der Waals surface area contributed by atoms with E-state index < -0.39 is 10.0 Å². The maximum Gasteiger partial charge on any atom is 0.263 e. The van der Waals surface area contributed by atoms with Crippen LogP contribution in [0.1, 0.15) is 36.0 Å². The van der Waals surface area contributed by atoms with Gasteiger partial charge < -0.3 is 5.32 Å². The zero-order valence-electron chi connectivity index (χ0n) is 16.2. The second kappa shape index (κ2) is 9.34. The van der Waals surface area contributed by atoms with Crippen LogP contribution in [0.25, 0.3) is 0 Å². The van der Waals surface area contributed by atoms with E-state index in [4.69, 9.17) is 0 Å². The Morgan fingerprint density at radius 1 is 1.15 bits per heavy atom. The van der Waals surface area contributed by atoms with Gasteiger partial charge in [-0.2, -0.15) is 0 Å². The lowest BCUT2D eigenvalue weighted by atomic mass is 10.2. The van der Waals surface area contributed by atoms with Crippen molar-refractivity contribution < 1.29 is 13.2 Å². The Balaban J connectivity index is 2.11. The third-order valence-electron chi connectivity index (χ3n) is 4.42. The van der Waals surface area contributed by atoms with Gasteiger partial charge in [0.15, 0.2) is 0 Å². The normalized spacial score (nSPS) is 12.8. The summed E-state index contributed by atoms with van der Waals surface area (Å²) in [5, 5.41) is 4.47. The molecule has 0 aliphatic carbocycles. The number of anilines is 1. The summed E-state index contributed by atoms with van der Waals surface area (Å²) in [6, 6.07) is 8.69. The van der Waals surface area contributed by atoms with Crippen LogP contribution in [0.2, 0.25) is 0 Å². The minimum Gasteiger partial charge on any atom is -0.350 e. The molecular formula is C19H27N3O3S2. The summed E-state index contributed by atoms with van der Waals surface area (Å²) in [5.74, 6) is -0.367. The Hall–Kier alpha value is -1.90. The van der Waals surface area contributed by atoms with Crippen molar-refractivity contribution in [2.75, 3.05) is 24.4 Å². The summed E-state index contributed by atoms with van der Waals surface area (Å²) in [6.45, 7) is 10.4. The second-order valence-corrected chi connectivity index (χ2v) is 8.93. The van der Waals surface area contributed by atoms with Gasteiger partial charge in [-0.1, -0.05) is 31.5 Å². The van der Waals surface area contributed by atoms with Crippen LogP contribution < -0.4 is 10.0 Å². The fraction of sp³-hybridized carbons (Fsp3) is 0.421. The number of hydrogen-bond acceptors (Lipinski definition) is 5. The predicted octanol–water partition coefficient (Wildman–Crippen LogP) is 3.32. The third-order valence-corrected chi connectivity index (χ3v) is 6.89. The van der Waals surface area contributed by atoms with Gasteiger partial charge in [-0.15, -0.1) is 11.3 Å². The molecule has 0 aliphatic heterocycles. The average Bonchev–Trinajstić information content (AvgIpc) is 3.13. The van der Waals surface area contributed by atoms with E-state index in [1.807, 2.05) is 26.0 Å². The first-order valence-corrected chi connectivity index (χ1v) is 11.3. The number of nitrogens with one attached hydrogen (secondary N) is 2. The van der Waals surface area contributed by atoms with Crippen LogP contribution in [0.15, 0.2) is 40.6 Å². The van der Waals surface area contributed by atoms with E-state index in [1.54, 1.807) is 17.5 Å². The Labute approximate surface area is 165 Å². The molecule has 0 saturated carbocycles. The molecule has 8 heteroatoms. The molecule has 1 amide bonds. The minimum atomic E-state index is -3.83. The molecule has 2 rings (SSSR count). The van der Waals surface area contributed by atoms with Crippen LogP contribution in [0.3, 0.4) is 0 Å². The summed E-state index contributed by atoms with van der Waals surface area (Å²) in [7, 11) is -3.83. The van der Waals surface area contributed by atoms with Crippen molar-refractivity contribution in [3.63, 3.8) is 0 Å². The monoisotopic (exact) mass is 409 g/mol. The highest BCUT2D eigenvalue weighted by atomic mass is 32.2. The van der Waals surface area contributed by atoms with Crippen molar-refractivity contribution >= 4 is 33.0 Å². The van der Waals surface area contributed by atoms with Crippen molar-refractivity contribution in [1.82, 2.24) is 10.2 Å². The van der Waals surface area contributed by atoms with Crippen molar-refractivity contribution in [3.8, 4) is 0 Å². The molecule has 148 valence electrons. The third kappa shape index (κ3) is 5.54. The molecule has 27 heavy (non-hydrogen) atoms. The quantitative estimate of drug-likeness (QED) is 0.666. The average molecular weight is 410 g/mol. The van der Waals surface area contributed by atoms with Gasteiger partial charge in [0.05, 0.1) is 0 Å². The molecule has 0 saturated heterocycles. The van der Waals surface area contributed by atoms with E-state index >= 15 is 0 Å². The van der Waals surface area contributed by atoms with E-state index in [0.717, 1.165) is 30.0 Å². The van der Waals surface area contributed by atoms with E-state index in [2.05, 4.69) is 28.8 Å². The zero-order chi connectivity index (χ0) is 20.0. The first-order valence-electron chi connectivity index (χ1n) is 8.97. The number of thiophene rings is 1. The van der Waals surface area contributed by atoms with Gasteiger partial charge >= 0.3 is 0 Å². The lowest BCUT2D eigenvalue weighted by Gasteiger charge is -2.26. The molecule has 1 aromatic carbocycles. The lowest BCUT2D eigenvalue weighted by Crippen LogP contribution is -2.42. The molecule has 0 radical (unpaired) electrons. The highest BCUT2D eigenvalue weighted by Crippen LogP contribution is 2.24. The number of sulfonamides is 1. The van der Waals surface area contributed by atoms with Crippen LogP contribution in [0.5, 0.6) is 0 Å². The van der Waals surface area contributed by atoms with Crippen molar-refractivity contribution in [2.45, 2.75) is 38.6 Å². The van der Waals surface area contributed by atoms with Gasteiger partial charge in [0.2, 0.25) is 0 Å². The molecule has 0 spiro atoms. The van der Waals surface area contributed by atoms with Gasteiger partial charge in [0, 0.05) is 18.3 Å². The van der Waals surface area contributed by atoms with Gasteiger partial charge in [0.1, 0.15) is 9.77 Å². The first kappa shape index (κ1) is 21.4. The summed E-state index contributed by atoms with van der Waals surface area (Å²) in [5.41, 5.74) is 1.50. The Morgan fingerprint density at radius 2 is 1.78 bits per heavy atom. The number of benzene rings is 1. The van der Waals surface area contributed by atoms with E-state index in [-0.39, 0.29) is 21.7 Å². The molecule has 1 unspecified atom stereocenters. The largest absolute Gasteiger partial charge is 0.350 e. The SMILES string of the molecule is CCN(CC)C(C)CNC(=O)c1sccc1S(=O)(=O)Nc1ccc(C)cc1. The molecule has 1 atom stereocenters. The second-order valence-electron chi connectivity index (χ2n) is 6.37.